The minimum Gasteiger partial charge on any atom is -0.493 e. The predicted molar refractivity (Wildman–Crippen MR) is 67.1 cm³/mol. The molecule has 0 amide bonds. The molecule has 90 valence electrons. The zero-order chi connectivity index (χ0) is 12.0. The summed E-state index contributed by atoms with van der Waals surface area (Å²) in [5.41, 5.74) is 0. The van der Waals surface area contributed by atoms with E-state index in [-0.39, 0.29) is 0 Å². The van der Waals surface area contributed by atoms with Crippen molar-refractivity contribution < 1.29 is 4.74 Å². The lowest BCUT2D eigenvalue weighted by atomic mass is 10.1. The minimum absolute atomic E-state index is 0.571. The molecule has 1 unspecified atom stereocenters. The van der Waals surface area contributed by atoms with Crippen LogP contribution in [0.3, 0.4) is 0 Å². The third-order valence-corrected chi connectivity index (χ3v) is 2.47. The van der Waals surface area contributed by atoms with E-state index in [0.717, 1.165) is 24.7 Å². The van der Waals surface area contributed by atoms with E-state index >= 15 is 0 Å². The fourth-order valence-electron chi connectivity index (χ4n) is 1.80. The van der Waals surface area contributed by atoms with Crippen molar-refractivity contribution in [1.82, 2.24) is 10.3 Å². The summed E-state index contributed by atoms with van der Waals surface area (Å²) in [6.07, 6.45) is 1.79. The Balaban J connectivity index is 2.68. The molecule has 0 fully saturated rings. The number of pyridine rings is 1. The number of nitrogens with one attached hydrogen (secondary N) is 1. The first-order chi connectivity index (χ1) is 7.69. The van der Waals surface area contributed by atoms with Crippen molar-refractivity contribution in [3.63, 3.8) is 0 Å². The summed E-state index contributed by atoms with van der Waals surface area (Å²) in [4.78, 5) is 6.47. The highest BCUT2D eigenvalue weighted by atomic mass is 16.5. The minimum atomic E-state index is 0.571. The summed E-state index contributed by atoms with van der Waals surface area (Å²) in [5, 5.41) is 3.17. The van der Waals surface area contributed by atoms with E-state index in [1.807, 2.05) is 26.2 Å². The molecule has 1 aromatic rings. The third-order valence-electron chi connectivity index (χ3n) is 2.47. The van der Waals surface area contributed by atoms with Crippen LogP contribution in [0.4, 0.5) is 5.82 Å². The third kappa shape index (κ3) is 3.38. The van der Waals surface area contributed by atoms with Crippen LogP contribution < -0.4 is 15.0 Å². The van der Waals surface area contributed by atoms with E-state index in [0.29, 0.717) is 5.92 Å². The van der Waals surface area contributed by atoms with Crippen LogP contribution in [0, 0.1) is 5.92 Å². The molecule has 0 bridgehead atoms. The molecule has 1 atom stereocenters. The van der Waals surface area contributed by atoms with E-state index in [2.05, 4.69) is 22.1 Å². The van der Waals surface area contributed by atoms with Gasteiger partial charge in [-0.3, -0.25) is 0 Å². The van der Waals surface area contributed by atoms with Crippen molar-refractivity contribution in [3.8, 4) is 5.75 Å². The summed E-state index contributed by atoms with van der Waals surface area (Å²) >= 11 is 0. The molecular formula is C12H21N3O. The molecule has 0 aliphatic carbocycles. The van der Waals surface area contributed by atoms with Crippen molar-refractivity contribution in [2.24, 2.45) is 5.92 Å². The fourth-order valence-corrected chi connectivity index (χ4v) is 1.80. The summed E-state index contributed by atoms with van der Waals surface area (Å²) in [6, 6.07) is 3.81. The highest BCUT2D eigenvalue weighted by Crippen LogP contribution is 2.23. The number of nitrogens with zero attached hydrogens (tertiary/aromatic N) is 2. The van der Waals surface area contributed by atoms with Crippen molar-refractivity contribution in [3.05, 3.63) is 18.3 Å². The monoisotopic (exact) mass is 223 g/mol. The quantitative estimate of drug-likeness (QED) is 0.790. The smallest absolute Gasteiger partial charge is 0.171 e. The Labute approximate surface area is 97.6 Å². The van der Waals surface area contributed by atoms with Crippen LogP contribution in [-0.2, 0) is 0 Å². The van der Waals surface area contributed by atoms with Crippen molar-refractivity contribution in [2.45, 2.75) is 6.92 Å². The molecule has 1 aromatic heterocycles. The van der Waals surface area contributed by atoms with E-state index in [9.17, 15) is 0 Å². The molecule has 0 saturated heterocycles. The molecule has 4 heteroatoms. The van der Waals surface area contributed by atoms with Crippen LogP contribution in [0.25, 0.3) is 0 Å². The number of aromatic nitrogens is 1. The first-order valence-electron chi connectivity index (χ1n) is 5.53. The first kappa shape index (κ1) is 12.8. The molecular weight excluding hydrogens is 202 g/mol. The number of hydrogen-bond donors (Lipinski definition) is 1. The number of rotatable bonds is 6. The zero-order valence-corrected chi connectivity index (χ0v) is 10.5. The zero-order valence-electron chi connectivity index (χ0n) is 10.5. The fraction of sp³-hybridized carbons (Fsp3) is 0.583. The van der Waals surface area contributed by atoms with Crippen LogP contribution in [0.2, 0.25) is 0 Å². The molecule has 0 aliphatic heterocycles. The average Bonchev–Trinajstić information content (AvgIpc) is 2.29. The topological polar surface area (TPSA) is 37.4 Å². The van der Waals surface area contributed by atoms with E-state index in [1.165, 1.54) is 0 Å². The number of ether oxygens (including phenoxy) is 1. The molecule has 0 spiro atoms. The van der Waals surface area contributed by atoms with Gasteiger partial charge in [0, 0.05) is 19.8 Å². The molecule has 0 aromatic carbocycles. The van der Waals surface area contributed by atoms with Gasteiger partial charge in [-0.25, -0.2) is 4.98 Å². The maximum absolute atomic E-state index is 5.29. The second-order valence-electron chi connectivity index (χ2n) is 4.07. The lowest BCUT2D eigenvalue weighted by molar-refractivity contribution is 0.411. The lowest BCUT2D eigenvalue weighted by Crippen LogP contribution is -2.30. The van der Waals surface area contributed by atoms with Crippen molar-refractivity contribution in [1.29, 1.82) is 0 Å². The second kappa shape index (κ2) is 6.33. The second-order valence-corrected chi connectivity index (χ2v) is 4.07. The molecule has 1 heterocycles. The Bertz CT molecular complexity index is 317. The van der Waals surface area contributed by atoms with Gasteiger partial charge in [-0.05, 0) is 31.6 Å². The van der Waals surface area contributed by atoms with Gasteiger partial charge in [0.15, 0.2) is 11.6 Å². The largest absolute Gasteiger partial charge is 0.493 e. The summed E-state index contributed by atoms with van der Waals surface area (Å²) < 4.78 is 5.29. The van der Waals surface area contributed by atoms with Gasteiger partial charge in [-0.1, -0.05) is 6.92 Å². The van der Waals surface area contributed by atoms with Gasteiger partial charge in [-0.2, -0.15) is 0 Å². The normalized spacial score (nSPS) is 12.2. The van der Waals surface area contributed by atoms with Crippen LogP contribution in [0.15, 0.2) is 18.3 Å². The average molecular weight is 223 g/mol. The van der Waals surface area contributed by atoms with E-state index in [1.54, 1.807) is 13.3 Å². The van der Waals surface area contributed by atoms with Crippen LogP contribution in [0.5, 0.6) is 5.75 Å². The lowest BCUT2D eigenvalue weighted by Gasteiger charge is -2.23. The molecule has 1 N–H and O–H groups in total. The molecule has 16 heavy (non-hydrogen) atoms. The van der Waals surface area contributed by atoms with Crippen LogP contribution >= 0.6 is 0 Å². The van der Waals surface area contributed by atoms with Crippen molar-refractivity contribution in [2.75, 3.05) is 39.2 Å². The number of methoxy groups -OCH3 is 1. The maximum Gasteiger partial charge on any atom is 0.171 e. The highest BCUT2D eigenvalue weighted by molar-refractivity contribution is 5.51. The molecule has 0 aliphatic rings. The van der Waals surface area contributed by atoms with Crippen molar-refractivity contribution >= 4 is 5.82 Å². The van der Waals surface area contributed by atoms with Crippen LogP contribution in [0.1, 0.15) is 6.92 Å². The van der Waals surface area contributed by atoms with Gasteiger partial charge >= 0.3 is 0 Å². The Hall–Kier alpha value is -1.29. The predicted octanol–water partition coefficient (Wildman–Crippen LogP) is 1.38. The number of anilines is 1. The van der Waals surface area contributed by atoms with Gasteiger partial charge < -0.3 is 15.0 Å². The SMILES string of the molecule is CNCC(C)CN(C)c1ncccc1OC. The molecule has 4 nitrogen and oxygen atoms in total. The summed E-state index contributed by atoms with van der Waals surface area (Å²) in [5.74, 6) is 2.29. The van der Waals surface area contributed by atoms with Gasteiger partial charge in [0.25, 0.3) is 0 Å². The van der Waals surface area contributed by atoms with Gasteiger partial charge in [0.1, 0.15) is 0 Å². The summed E-state index contributed by atoms with van der Waals surface area (Å²) in [7, 11) is 5.68. The van der Waals surface area contributed by atoms with Crippen LogP contribution in [-0.4, -0.2) is 39.3 Å². The Morgan fingerprint density at radius 3 is 2.94 bits per heavy atom. The Morgan fingerprint density at radius 2 is 2.31 bits per heavy atom. The molecule has 0 saturated carbocycles. The molecule has 1 rings (SSSR count). The Kier molecular flexibility index (Phi) is 5.05. The highest BCUT2D eigenvalue weighted by Gasteiger charge is 2.11. The van der Waals surface area contributed by atoms with Gasteiger partial charge in [-0.15, -0.1) is 0 Å². The number of hydrogen-bond acceptors (Lipinski definition) is 4. The van der Waals surface area contributed by atoms with E-state index in [4.69, 9.17) is 4.74 Å². The Morgan fingerprint density at radius 1 is 1.56 bits per heavy atom. The van der Waals surface area contributed by atoms with E-state index < -0.39 is 0 Å². The van der Waals surface area contributed by atoms with Gasteiger partial charge in [0.2, 0.25) is 0 Å². The van der Waals surface area contributed by atoms with Gasteiger partial charge in [0.05, 0.1) is 7.11 Å². The standard InChI is InChI=1S/C12H21N3O/c1-10(8-13-2)9-15(3)12-11(16-4)6-5-7-14-12/h5-7,10,13H,8-9H2,1-4H3. The first-order valence-corrected chi connectivity index (χ1v) is 5.53. The summed E-state index contributed by atoms with van der Waals surface area (Å²) in [6.45, 7) is 4.16. The molecule has 0 radical (unpaired) electrons. The maximum atomic E-state index is 5.29.